The van der Waals surface area contributed by atoms with Crippen LogP contribution < -0.4 is 14.5 Å². The topological polar surface area (TPSA) is 49.9 Å². The SMILES string of the molecule is COc1ccc(Cl)cc1N(CCC(=O)N1CCc2ccccc21)C(C)=O. The Morgan fingerprint density at radius 2 is 2.00 bits per heavy atom. The standard InChI is InChI=1S/C20H21ClN2O3/c1-14(24)22(18-13-16(21)7-8-19(18)26-2)12-10-20(25)23-11-9-15-5-3-4-6-17(15)23/h3-8,13H,9-12H2,1-2H3. The van der Waals surface area contributed by atoms with Gasteiger partial charge in [-0.2, -0.15) is 0 Å². The highest BCUT2D eigenvalue weighted by molar-refractivity contribution is 6.31. The van der Waals surface area contributed by atoms with Crippen LogP contribution in [0.3, 0.4) is 0 Å². The molecule has 1 aliphatic rings. The number of benzene rings is 2. The third-order valence-corrected chi connectivity index (χ3v) is 4.78. The Hall–Kier alpha value is -2.53. The van der Waals surface area contributed by atoms with Crippen LogP contribution in [0, 0.1) is 0 Å². The Morgan fingerprint density at radius 3 is 2.73 bits per heavy atom. The van der Waals surface area contributed by atoms with Crippen molar-refractivity contribution < 1.29 is 14.3 Å². The first-order valence-corrected chi connectivity index (χ1v) is 8.89. The van der Waals surface area contributed by atoms with Crippen LogP contribution in [0.1, 0.15) is 18.9 Å². The quantitative estimate of drug-likeness (QED) is 0.804. The van der Waals surface area contributed by atoms with Crippen molar-refractivity contribution in [3.8, 4) is 5.75 Å². The number of amides is 2. The Kier molecular flexibility index (Phi) is 5.47. The van der Waals surface area contributed by atoms with E-state index in [0.717, 1.165) is 12.1 Å². The second-order valence-corrected chi connectivity index (χ2v) is 6.60. The summed E-state index contributed by atoms with van der Waals surface area (Å²) < 4.78 is 5.34. The molecule has 0 radical (unpaired) electrons. The third kappa shape index (κ3) is 3.68. The lowest BCUT2D eigenvalue weighted by molar-refractivity contribution is -0.118. The van der Waals surface area contributed by atoms with E-state index < -0.39 is 0 Å². The second kappa shape index (κ2) is 7.79. The minimum atomic E-state index is -0.166. The number of carbonyl (C=O) groups is 2. The van der Waals surface area contributed by atoms with Gasteiger partial charge in [0, 0.05) is 37.1 Å². The van der Waals surface area contributed by atoms with Crippen molar-refractivity contribution in [2.45, 2.75) is 19.8 Å². The molecule has 3 rings (SSSR count). The summed E-state index contributed by atoms with van der Waals surface area (Å²) in [5.41, 5.74) is 2.72. The van der Waals surface area contributed by atoms with E-state index in [-0.39, 0.29) is 24.8 Å². The van der Waals surface area contributed by atoms with Gasteiger partial charge in [-0.05, 0) is 36.2 Å². The highest BCUT2D eigenvalue weighted by Gasteiger charge is 2.25. The van der Waals surface area contributed by atoms with Crippen molar-refractivity contribution in [1.82, 2.24) is 0 Å². The molecule has 5 nitrogen and oxygen atoms in total. The number of carbonyl (C=O) groups excluding carboxylic acids is 2. The molecule has 2 amide bonds. The normalized spacial score (nSPS) is 12.7. The Labute approximate surface area is 158 Å². The van der Waals surface area contributed by atoms with Gasteiger partial charge in [0.2, 0.25) is 11.8 Å². The van der Waals surface area contributed by atoms with Crippen LogP contribution in [-0.2, 0) is 16.0 Å². The van der Waals surface area contributed by atoms with Crippen LogP contribution >= 0.6 is 11.6 Å². The zero-order valence-electron chi connectivity index (χ0n) is 14.9. The zero-order chi connectivity index (χ0) is 18.7. The number of hydrogen-bond donors (Lipinski definition) is 0. The van der Waals surface area contributed by atoms with Crippen molar-refractivity contribution in [2.75, 3.05) is 30.0 Å². The number of hydrogen-bond acceptors (Lipinski definition) is 3. The Bertz CT molecular complexity index is 838. The first kappa shape index (κ1) is 18.3. The van der Waals surface area contributed by atoms with Gasteiger partial charge in [0.25, 0.3) is 0 Å². The number of ether oxygens (including phenoxy) is 1. The van der Waals surface area contributed by atoms with Crippen LogP contribution in [0.4, 0.5) is 11.4 Å². The third-order valence-electron chi connectivity index (χ3n) is 4.55. The van der Waals surface area contributed by atoms with Crippen molar-refractivity contribution in [3.63, 3.8) is 0 Å². The summed E-state index contributed by atoms with van der Waals surface area (Å²) in [7, 11) is 1.54. The molecular formula is C20H21ClN2O3. The molecule has 0 spiro atoms. The fraction of sp³-hybridized carbons (Fsp3) is 0.300. The van der Waals surface area contributed by atoms with Gasteiger partial charge in [-0.1, -0.05) is 29.8 Å². The van der Waals surface area contributed by atoms with E-state index in [1.165, 1.54) is 24.5 Å². The van der Waals surface area contributed by atoms with Crippen molar-refractivity contribution in [3.05, 3.63) is 53.1 Å². The lowest BCUT2D eigenvalue weighted by Gasteiger charge is -2.25. The lowest BCUT2D eigenvalue weighted by atomic mass is 10.2. The predicted octanol–water partition coefficient (Wildman–Crippen LogP) is 3.68. The van der Waals surface area contributed by atoms with Gasteiger partial charge < -0.3 is 14.5 Å². The van der Waals surface area contributed by atoms with Gasteiger partial charge in [0.15, 0.2) is 0 Å². The maximum absolute atomic E-state index is 12.7. The smallest absolute Gasteiger partial charge is 0.228 e. The molecule has 26 heavy (non-hydrogen) atoms. The van der Waals surface area contributed by atoms with Gasteiger partial charge in [-0.3, -0.25) is 9.59 Å². The second-order valence-electron chi connectivity index (χ2n) is 6.16. The fourth-order valence-corrected chi connectivity index (χ4v) is 3.43. The highest BCUT2D eigenvalue weighted by Crippen LogP contribution is 2.32. The fourth-order valence-electron chi connectivity index (χ4n) is 3.26. The molecule has 0 unspecified atom stereocenters. The molecule has 0 fully saturated rings. The molecule has 1 aliphatic heterocycles. The van der Waals surface area contributed by atoms with E-state index in [9.17, 15) is 9.59 Å². The van der Waals surface area contributed by atoms with Crippen LogP contribution in [0.2, 0.25) is 5.02 Å². The molecule has 2 aromatic rings. The molecular weight excluding hydrogens is 352 g/mol. The molecule has 0 aromatic heterocycles. The van der Waals surface area contributed by atoms with E-state index in [4.69, 9.17) is 16.3 Å². The minimum Gasteiger partial charge on any atom is -0.495 e. The van der Waals surface area contributed by atoms with Gasteiger partial charge in [-0.15, -0.1) is 0 Å². The predicted molar refractivity (Wildman–Crippen MR) is 103 cm³/mol. The summed E-state index contributed by atoms with van der Waals surface area (Å²) in [6.45, 7) is 2.41. The van der Waals surface area contributed by atoms with Gasteiger partial charge in [0.1, 0.15) is 5.75 Å². The molecule has 0 saturated heterocycles. The average molecular weight is 373 g/mol. The average Bonchev–Trinajstić information content (AvgIpc) is 3.06. The molecule has 6 heteroatoms. The number of rotatable bonds is 5. The lowest BCUT2D eigenvalue weighted by Crippen LogP contribution is -2.35. The summed E-state index contributed by atoms with van der Waals surface area (Å²) in [5, 5.41) is 0.506. The molecule has 0 aliphatic carbocycles. The maximum Gasteiger partial charge on any atom is 0.228 e. The molecule has 0 atom stereocenters. The van der Waals surface area contributed by atoms with Crippen LogP contribution in [-0.4, -0.2) is 32.0 Å². The highest BCUT2D eigenvalue weighted by atomic mass is 35.5. The Balaban J connectivity index is 1.75. The van der Waals surface area contributed by atoms with Gasteiger partial charge in [-0.25, -0.2) is 0 Å². The number of nitrogens with zero attached hydrogens (tertiary/aromatic N) is 2. The first-order chi connectivity index (χ1) is 12.5. The zero-order valence-corrected chi connectivity index (χ0v) is 15.6. The monoisotopic (exact) mass is 372 g/mol. The largest absolute Gasteiger partial charge is 0.495 e. The van der Waals surface area contributed by atoms with Crippen LogP contribution in [0.5, 0.6) is 5.75 Å². The van der Waals surface area contributed by atoms with E-state index in [2.05, 4.69) is 0 Å². The number of methoxy groups -OCH3 is 1. The maximum atomic E-state index is 12.7. The molecule has 1 heterocycles. The van der Waals surface area contributed by atoms with Crippen molar-refractivity contribution in [1.29, 1.82) is 0 Å². The molecule has 0 N–H and O–H groups in total. The first-order valence-electron chi connectivity index (χ1n) is 8.51. The van der Waals surface area contributed by atoms with E-state index in [1.54, 1.807) is 23.1 Å². The summed E-state index contributed by atoms with van der Waals surface area (Å²) in [4.78, 5) is 28.2. The number of para-hydroxylation sites is 1. The van der Waals surface area contributed by atoms with Crippen LogP contribution in [0.15, 0.2) is 42.5 Å². The molecule has 0 saturated carbocycles. The Morgan fingerprint density at radius 1 is 1.23 bits per heavy atom. The summed E-state index contributed by atoms with van der Waals surface area (Å²) >= 11 is 6.08. The van der Waals surface area contributed by atoms with E-state index >= 15 is 0 Å². The van der Waals surface area contributed by atoms with E-state index in [1.807, 2.05) is 24.3 Å². The molecule has 0 bridgehead atoms. The number of anilines is 2. The van der Waals surface area contributed by atoms with E-state index in [0.29, 0.717) is 23.0 Å². The molecule has 2 aromatic carbocycles. The van der Waals surface area contributed by atoms with Crippen molar-refractivity contribution in [2.24, 2.45) is 0 Å². The van der Waals surface area contributed by atoms with Crippen LogP contribution in [0.25, 0.3) is 0 Å². The van der Waals surface area contributed by atoms with Crippen molar-refractivity contribution >= 4 is 34.8 Å². The summed E-state index contributed by atoms with van der Waals surface area (Å²) in [5.74, 6) is 0.381. The minimum absolute atomic E-state index is 0.00203. The van der Waals surface area contributed by atoms with Gasteiger partial charge >= 0.3 is 0 Å². The summed E-state index contributed by atoms with van der Waals surface area (Å²) in [6.07, 6.45) is 1.09. The molecule has 136 valence electrons. The van der Waals surface area contributed by atoms with Gasteiger partial charge in [0.05, 0.1) is 12.8 Å². The number of halogens is 1. The summed E-state index contributed by atoms with van der Waals surface area (Å²) in [6, 6.07) is 13.0. The number of fused-ring (bicyclic) bond motifs is 1.